The quantitative estimate of drug-likeness (QED) is 0.764. The predicted octanol–water partition coefficient (Wildman–Crippen LogP) is 3.74. The third-order valence-corrected chi connectivity index (χ3v) is 3.18. The van der Waals surface area contributed by atoms with Gasteiger partial charge in [-0.1, -0.05) is 20.3 Å². The van der Waals surface area contributed by atoms with E-state index in [9.17, 15) is 4.79 Å². The van der Waals surface area contributed by atoms with Crippen molar-refractivity contribution in [3.05, 3.63) is 29.8 Å². The minimum Gasteiger partial charge on any atom is -0.382 e. The second-order valence-electron chi connectivity index (χ2n) is 4.45. The zero-order chi connectivity index (χ0) is 12.1. The molecule has 2 unspecified atom stereocenters. The van der Waals surface area contributed by atoms with Crippen LogP contribution in [0, 0.1) is 5.92 Å². The summed E-state index contributed by atoms with van der Waals surface area (Å²) in [6, 6.07) is 8.13. The predicted molar refractivity (Wildman–Crippen MR) is 69.0 cm³/mol. The Morgan fingerprint density at radius 1 is 1.25 bits per heavy atom. The van der Waals surface area contributed by atoms with Gasteiger partial charge in [0.2, 0.25) is 0 Å². The summed E-state index contributed by atoms with van der Waals surface area (Å²) >= 11 is 0. The van der Waals surface area contributed by atoms with E-state index >= 15 is 0 Å². The number of carbonyl (C=O) groups excluding carboxylic acids is 1. The van der Waals surface area contributed by atoms with Crippen molar-refractivity contribution < 1.29 is 4.79 Å². The molecule has 0 bridgehead atoms. The van der Waals surface area contributed by atoms with Gasteiger partial charge < -0.3 is 5.32 Å². The molecular formula is C14H21NO. The van der Waals surface area contributed by atoms with E-state index in [0.29, 0.717) is 12.0 Å². The van der Waals surface area contributed by atoms with Crippen molar-refractivity contribution in [1.29, 1.82) is 0 Å². The Hall–Kier alpha value is -1.31. The molecule has 0 aliphatic rings. The van der Waals surface area contributed by atoms with Crippen molar-refractivity contribution in [3.63, 3.8) is 0 Å². The highest BCUT2D eigenvalue weighted by Gasteiger charge is 2.09. The van der Waals surface area contributed by atoms with Crippen LogP contribution in [-0.2, 0) is 0 Å². The SMILES string of the molecule is CCC(C)C(C)Nc1ccc(C(C)=O)cc1. The zero-order valence-corrected chi connectivity index (χ0v) is 10.6. The molecule has 2 atom stereocenters. The summed E-state index contributed by atoms with van der Waals surface area (Å²) in [6.07, 6.45) is 1.17. The number of anilines is 1. The lowest BCUT2D eigenvalue weighted by Gasteiger charge is -2.21. The van der Waals surface area contributed by atoms with Crippen molar-refractivity contribution in [1.82, 2.24) is 0 Å². The molecule has 1 N–H and O–H groups in total. The molecule has 2 nitrogen and oxygen atoms in total. The number of hydrogen-bond acceptors (Lipinski definition) is 2. The first kappa shape index (κ1) is 12.8. The molecule has 1 aromatic rings. The van der Waals surface area contributed by atoms with E-state index in [2.05, 4.69) is 26.1 Å². The summed E-state index contributed by atoms with van der Waals surface area (Å²) in [4.78, 5) is 11.1. The Morgan fingerprint density at radius 3 is 2.25 bits per heavy atom. The normalized spacial score (nSPS) is 14.2. The number of Topliss-reactive ketones (excluding diaryl/α,β-unsaturated/α-hetero) is 1. The number of nitrogens with one attached hydrogen (secondary N) is 1. The Morgan fingerprint density at radius 2 is 1.81 bits per heavy atom. The van der Waals surface area contributed by atoms with E-state index < -0.39 is 0 Å². The third-order valence-electron chi connectivity index (χ3n) is 3.18. The first-order chi connectivity index (χ1) is 7.54. The largest absolute Gasteiger partial charge is 0.382 e. The summed E-state index contributed by atoms with van der Waals surface area (Å²) < 4.78 is 0. The molecule has 0 aliphatic heterocycles. The number of carbonyl (C=O) groups is 1. The third kappa shape index (κ3) is 3.37. The standard InChI is InChI=1S/C14H21NO/c1-5-10(2)11(3)15-14-8-6-13(7-9-14)12(4)16/h6-11,15H,5H2,1-4H3. The van der Waals surface area contributed by atoms with E-state index in [1.165, 1.54) is 6.42 Å². The lowest BCUT2D eigenvalue weighted by molar-refractivity contribution is 0.101. The number of ketones is 1. The summed E-state index contributed by atoms with van der Waals surface area (Å²) in [5.41, 5.74) is 1.85. The van der Waals surface area contributed by atoms with Gasteiger partial charge in [0.1, 0.15) is 0 Å². The van der Waals surface area contributed by atoms with Crippen LogP contribution in [0.3, 0.4) is 0 Å². The average Bonchev–Trinajstić information content (AvgIpc) is 2.28. The van der Waals surface area contributed by atoms with Gasteiger partial charge in [0, 0.05) is 17.3 Å². The van der Waals surface area contributed by atoms with Crippen LogP contribution < -0.4 is 5.32 Å². The molecule has 88 valence electrons. The van der Waals surface area contributed by atoms with Gasteiger partial charge in [0.05, 0.1) is 0 Å². The van der Waals surface area contributed by atoms with E-state index in [4.69, 9.17) is 0 Å². The lowest BCUT2D eigenvalue weighted by Crippen LogP contribution is -2.23. The number of hydrogen-bond donors (Lipinski definition) is 1. The highest BCUT2D eigenvalue weighted by molar-refractivity contribution is 5.94. The second-order valence-corrected chi connectivity index (χ2v) is 4.45. The average molecular weight is 219 g/mol. The summed E-state index contributed by atoms with van der Waals surface area (Å²) in [6.45, 7) is 8.21. The number of benzene rings is 1. The first-order valence-electron chi connectivity index (χ1n) is 5.92. The van der Waals surface area contributed by atoms with Crippen LogP contribution >= 0.6 is 0 Å². The van der Waals surface area contributed by atoms with Crippen molar-refractivity contribution in [2.45, 2.75) is 40.2 Å². The molecule has 0 amide bonds. The smallest absolute Gasteiger partial charge is 0.159 e. The van der Waals surface area contributed by atoms with Gasteiger partial charge in [-0.15, -0.1) is 0 Å². The van der Waals surface area contributed by atoms with Gasteiger partial charge in [-0.3, -0.25) is 4.79 Å². The molecule has 0 saturated carbocycles. The van der Waals surface area contributed by atoms with Crippen LogP contribution in [-0.4, -0.2) is 11.8 Å². The molecule has 0 saturated heterocycles. The fraction of sp³-hybridized carbons (Fsp3) is 0.500. The van der Waals surface area contributed by atoms with Crippen LogP contribution in [0.2, 0.25) is 0 Å². The van der Waals surface area contributed by atoms with E-state index in [1.807, 2.05) is 24.3 Å². The molecule has 0 aromatic heterocycles. The summed E-state index contributed by atoms with van der Waals surface area (Å²) in [5.74, 6) is 0.758. The van der Waals surface area contributed by atoms with Gasteiger partial charge >= 0.3 is 0 Å². The molecule has 0 spiro atoms. The van der Waals surface area contributed by atoms with E-state index in [1.54, 1.807) is 6.92 Å². The van der Waals surface area contributed by atoms with E-state index in [0.717, 1.165) is 11.3 Å². The van der Waals surface area contributed by atoms with Gasteiger partial charge in [-0.05, 0) is 44.0 Å². The van der Waals surface area contributed by atoms with Gasteiger partial charge in [-0.25, -0.2) is 0 Å². The van der Waals surface area contributed by atoms with Gasteiger partial charge in [-0.2, -0.15) is 0 Å². The molecule has 1 aromatic carbocycles. The maximum atomic E-state index is 11.1. The Kier molecular flexibility index (Phi) is 4.53. The van der Waals surface area contributed by atoms with Crippen molar-refractivity contribution in [2.75, 3.05) is 5.32 Å². The molecule has 0 fully saturated rings. The molecule has 0 heterocycles. The first-order valence-corrected chi connectivity index (χ1v) is 5.92. The van der Waals surface area contributed by atoms with Gasteiger partial charge in [0.25, 0.3) is 0 Å². The topological polar surface area (TPSA) is 29.1 Å². The van der Waals surface area contributed by atoms with Gasteiger partial charge in [0.15, 0.2) is 5.78 Å². The second kappa shape index (κ2) is 5.69. The summed E-state index contributed by atoms with van der Waals surface area (Å²) in [5, 5.41) is 3.45. The highest BCUT2D eigenvalue weighted by atomic mass is 16.1. The van der Waals surface area contributed by atoms with Crippen LogP contribution in [0.1, 0.15) is 44.5 Å². The van der Waals surface area contributed by atoms with Crippen LogP contribution in [0.5, 0.6) is 0 Å². The monoisotopic (exact) mass is 219 g/mol. The van der Waals surface area contributed by atoms with Crippen molar-refractivity contribution in [3.8, 4) is 0 Å². The Balaban J connectivity index is 2.65. The maximum Gasteiger partial charge on any atom is 0.159 e. The molecular weight excluding hydrogens is 198 g/mol. The molecule has 2 heteroatoms. The minimum absolute atomic E-state index is 0.113. The van der Waals surface area contributed by atoms with Crippen molar-refractivity contribution in [2.24, 2.45) is 5.92 Å². The molecule has 1 rings (SSSR count). The minimum atomic E-state index is 0.113. The van der Waals surface area contributed by atoms with Crippen LogP contribution in [0.25, 0.3) is 0 Å². The summed E-state index contributed by atoms with van der Waals surface area (Å²) in [7, 11) is 0. The zero-order valence-electron chi connectivity index (χ0n) is 10.6. The number of rotatable bonds is 5. The fourth-order valence-electron chi connectivity index (χ4n) is 1.56. The maximum absolute atomic E-state index is 11.1. The van der Waals surface area contributed by atoms with Crippen molar-refractivity contribution >= 4 is 11.5 Å². The fourth-order valence-corrected chi connectivity index (χ4v) is 1.56. The molecule has 0 radical (unpaired) electrons. The van der Waals surface area contributed by atoms with Crippen LogP contribution in [0.15, 0.2) is 24.3 Å². The Bertz CT molecular complexity index is 342. The lowest BCUT2D eigenvalue weighted by atomic mass is 10.0. The van der Waals surface area contributed by atoms with E-state index in [-0.39, 0.29) is 5.78 Å². The van der Waals surface area contributed by atoms with Crippen LogP contribution in [0.4, 0.5) is 5.69 Å². The Labute approximate surface area is 98.1 Å². The molecule has 16 heavy (non-hydrogen) atoms. The molecule has 0 aliphatic carbocycles. The highest BCUT2D eigenvalue weighted by Crippen LogP contribution is 2.15.